The number of nitrogens with two attached hydrogens (primary N) is 2. The van der Waals surface area contributed by atoms with Gasteiger partial charge < -0.3 is 21.5 Å². The second kappa shape index (κ2) is 8.03. The molecule has 0 bridgehead atoms. The number of imidazole rings is 1. The van der Waals surface area contributed by atoms with E-state index in [9.17, 15) is 14.0 Å². The molecule has 156 valence electrons. The Balaban J connectivity index is 2.19. The molecule has 2 aromatic carbocycles. The van der Waals surface area contributed by atoms with Crippen molar-refractivity contribution in [3.63, 3.8) is 0 Å². The van der Waals surface area contributed by atoms with E-state index in [1.54, 1.807) is 19.1 Å². The molecule has 0 aliphatic rings. The molecular weight excluding hydrogens is 413 g/mol. The van der Waals surface area contributed by atoms with Gasteiger partial charge >= 0.3 is 0 Å². The lowest BCUT2D eigenvalue weighted by Crippen LogP contribution is -2.19. The average molecular weight is 432 g/mol. The van der Waals surface area contributed by atoms with E-state index in [2.05, 4.69) is 10.3 Å². The summed E-state index contributed by atoms with van der Waals surface area (Å²) in [6.07, 6.45) is 0. The number of benzene rings is 2. The van der Waals surface area contributed by atoms with E-state index >= 15 is 0 Å². The van der Waals surface area contributed by atoms with Crippen LogP contribution in [-0.2, 0) is 0 Å². The standard InChI is InChI=1S/C20H19ClFN5O3/c1-9-4-7-14(30-3)10(2)16(9)27-17(23)15(18(24)28)26-19(27)20(29)25-11-5-6-13(22)12(21)8-11/h4-8H,23H2,1-3H3,(H2,24,28)(H,25,29). The number of hydrogen-bond donors (Lipinski definition) is 3. The molecule has 3 rings (SSSR count). The molecular formula is C20H19ClFN5O3. The highest BCUT2D eigenvalue weighted by Gasteiger charge is 2.27. The van der Waals surface area contributed by atoms with Crippen molar-refractivity contribution in [2.24, 2.45) is 5.73 Å². The number of aromatic nitrogens is 2. The van der Waals surface area contributed by atoms with Crippen LogP contribution in [0.15, 0.2) is 30.3 Å². The van der Waals surface area contributed by atoms with Crippen molar-refractivity contribution < 1.29 is 18.7 Å². The number of nitrogens with one attached hydrogen (secondary N) is 1. The SMILES string of the molecule is COc1ccc(C)c(-n2c(C(=O)Nc3ccc(F)c(Cl)c3)nc(C(N)=O)c2N)c1C. The molecule has 0 saturated carbocycles. The van der Waals surface area contributed by atoms with Gasteiger partial charge in [0.2, 0.25) is 5.82 Å². The highest BCUT2D eigenvalue weighted by atomic mass is 35.5. The first kappa shape index (κ1) is 21.1. The number of nitrogen functional groups attached to an aromatic ring is 1. The number of carbonyl (C=O) groups excluding carboxylic acids is 2. The summed E-state index contributed by atoms with van der Waals surface area (Å²) >= 11 is 5.77. The molecule has 8 nitrogen and oxygen atoms in total. The fourth-order valence-electron chi connectivity index (χ4n) is 3.14. The summed E-state index contributed by atoms with van der Waals surface area (Å²) in [6, 6.07) is 7.27. The van der Waals surface area contributed by atoms with Crippen molar-refractivity contribution in [3.05, 3.63) is 63.8 Å². The highest BCUT2D eigenvalue weighted by Crippen LogP contribution is 2.32. The summed E-state index contributed by atoms with van der Waals surface area (Å²) in [7, 11) is 1.51. The van der Waals surface area contributed by atoms with Crippen LogP contribution in [0.3, 0.4) is 0 Å². The first-order chi connectivity index (χ1) is 14.1. The lowest BCUT2D eigenvalue weighted by molar-refractivity contribution is 0.0997. The van der Waals surface area contributed by atoms with E-state index in [1.807, 2.05) is 6.92 Å². The Labute approximate surface area is 176 Å². The van der Waals surface area contributed by atoms with Gasteiger partial charge in [0.15, 0.2) is 5.69 Å². The highest BCUT2D eigenvalue weighted by molar-refractivity contribution is 6.31. The minimum atomic E-state index is -0.886. The lowest BCUT2D eigenvalue weighted by atomic mass is 10.1. The number of amides is 2. The molecule has 0 radical (unpaired) electrons. The zero-order valence-electron chi connectivity index (χ0n) is 16.4. The van der Waals surface area contributed by atoms with E-state index in [1.165, 1.54) is 23.8 Å². The number of primary amides is 1. The first-order valence-electron chi connectivity index (χ1n) is 8.74. The molecule has 1 aromatic heterocycles. The number of rotatable bonds is 5. The smallest absolute Gasteiger partial charge is 0.292 e. The molecule has 0 fully saturated rings. The van der Waals surface area contributed by atoms with Crippen LogP contribution in [0.4, 0.5) is 15.9 Å². The largest absolute Gasteiger partial charge is 0.496 e. The summed E-state index contributed by atoms with van der Waals surface area (Å²) in [4.78, 5) is 28.9. The van der Waals surface area contributed by atoms with Crippen molar-refractivity contribution in [2.45, 2.75) is 13.8 Å². The Morgan fingerprint density at radius 1 is 1.23 bits per heavy atom. The van der Waals surface area contributed by atoms with Crippen LogP contribution < -0.4 is 21.5 Å². The van der Waals surface area contributed by atoms with Gasteiger partial charge in [-0.3, -0.25) is 14.2 Å². The van der Waals surface area contributed by atoms with Crippen molar-refractivity contribution >= 4 is 34.9 Å². The lowest BCUT2D eigenvalue weighted by Gasteiger charge is -2.17. The number of hydrogen-bond acceptors (Lipinski definition) is 5. The molecule has 3 aromatic rings. The molecule has 0 unspecified atom stereocenters. The Bertz CT molecular complexity index is 1180. The van der Waals surface area contributed by atoms with Gasteiger partial charge in [0, 0.05) is 11.3 Å². The van der Waals surface area contributed by atoms with E-state index in [4.69, 9.17) is 27.8 Å². The van der Waals surface area contributed by atoms with Gasteiger partial charge in [-0.05, 0) is 43.7 Å². The minimum Gasteiger partial charge on any atom is -0.496 e. The van der Waals surface area contributed by atoms with Gasteiger partial charge in [0.05, 0.1) is 17.8 Å². The minimum absolute atomic E-state index is 0.0933. The van der Waals surface area contributed by atoms with Gasteiger partial charge in [0.25, 0.3) is 11.8 Å². The second-order valence-corrected chi connectivity index (χ2v) is 6.92. The zero-order chi connectivity index (χ0) is 22.2. The van der Waals surface area contributed by atoms with Gasteiger partial charge in [-0.2, -0.15) is 0 Å². The Kier molecular flexibility index (Phi) is 5.66. The van der Waals surface area contributed by atoms with Crippen molar-refractivity contribution in [1.82, 2.24) is 9.55 Å². The van der Waals surface area contributed by atoms with Crippen LogP contribution >= 0.6 is 11.6 Å². The molecule has 0 atom stereocenters. The monoisotopic (exact) mass is 431 g/mol. The number of halogens is 2. The van der Waals surface area contributed by atoms with Gasteiger partial charge in [-0.15, -0.1) is 0 Å². The van der Waals surface area contributed by atoms with Gasteiger partial charge in [0.1, 0.15) is 17.4 Å². The van der Waals surface area contributed by atoms with E-state index < -0.39 is 17.6 Å². The van der Waals surface area contributed by atoms with Crippen molar-refractivity contribution in [1.29, 1.82) is 0 Å². The van der Waals surface area contributed by atoms with Crippen LogP contribution in [0, 0.1) is 19.7 Å². The molecule has 5 N–H and O–H groups in total. The van der Waals surface area contributed by atoms with Crippen LogP contribution in [0.1, 0.15) is 32.2 Å². The predicted molar refractivity (Wildman–Crippen MR) is 112 cm³/mol. The Morgan fingerprint density at radius 2 is 1.93 bits per heavy atom. The fourth-order valence-corrected chi connectivity index (χ4v) is 3.32. The fraction of sp³-hybridized carbons (Fsp3) is 0.150. The molecule has 2 amide bonds. The summed E-state index contributed by atoms with van der Waals surface area (Å²) in [6.45, 7) is 3.60. The third-order valence-electron chi connectivity index (χ3n) is 4.55. The number of aryl methyl sites for hydroxylation is 1. The predicted octanol–water partition coefficient (Wildman–Crippen LogP) is 3.22. The summed E-state index contributed by atoms with van der Waals surface area (Å²) in [5.41, 5.74) is 13.5. The van der Waals surface area contributed by atoms with E-state index in [-0.39, 0.29) is 28.0 Å². The van der Waals surface area contributed by atoms with E-state index in [0.717, 1.165) is 11.6 Å². The summed E-state index contributed by atoms with van der Waals surface area (Å²) in [5.74, 6) is -1.92. The van der Waals surface area contributed by atoms with Crippen molar-refractivity contribution in [2.75, 3.05) is 18.2 Å². The number of anilines is 2. The van der Waals surface area contributed by atoms with Crippen LogP contribution in [0.5, 0.6) is 5.75 Å². The Morgan fingerprint density at radius 3 is 2.53 bits per heavy atom. The van der Waals surface area contributed by atoms with Crippen molar-refractivity contribution in [3.8, 4) is 11.4 Å². The molecule has 1 heterocycles. The summed E-state index contributed by atoms with van der Waals surface area (Å²) in [5, 5.41) is 2.41. The number of nitrogens with zero attached hydrogens (tertiary/aromatic N) is 2. The molecule has 0 aliphatic carbocycles. The van der Waals surface area contributed by atoms with E-state index in [0.29, 0.717) is 17.0 Å². The molecule has 30 heavy (non-hydrogen) atoms. The van der Waals surface area contributed by atoms with Crippen LogP contribution in [0.25, 0.3) is 5.69 Å². The van der Waals surface area contributed by atoms with Gasteiger partial charge in [-0.25, -0.2) is 9.37 Å². The first-order valence-corrected chi connectivity index (χ1v) is 9.12. The van der Waals surface area contributed by atoms with Gasteiger partial charge in [-0.1, -0.05) is 17.7 Å². The molecule has 10 heteroatoms. The quantitative estimate of drug-likeness (QED) is 0.571. The maximum absolute atomic E-state index is 13.4. The maximum Gasteiger partial charge on any atom is 0.292 e. The summed E-state index contributed by atoms with van der Waals surface area (Å²) < 4.78 is 20.1. The zero-order valence-corrected chi connectivity index (χ0v) is 17.2. The normalized spacial score (nSPS) is 10.7. The molecule has 0 saturated heterocycles. The van der Waals surface area contributed by atoms with Crippen LogP contribution in [0.2, 0.25) is 5.02 Å². The molecule has 0 aliphatic heterocycles. The second-order valence-electron chi connectivity index (χ2n) is 6.51. The number of carbonyl (C=O) groups is 2. The number of methoxy groups -OCH3 is 1. The maximum atomic E-state index is 13.4. The molecule has 0 spiro atoms. The third-order valence-corrected chi connectivity index (χ3v) is 4.84. The third kappa shape index (κ3) is 3.67. The topological polar surface area (TPSA) is 125 Å². The average Bonchev–Trinajstić information content (AvgIpc) is 3.02. The van der Waals surface area contributed by atoms with Crippen LogP contribution in [-0.4, -0.2) is 28.5 Å². The Hall–Kier alpha value is -3.59. The number of ether oxygens (including phenoxy) is 1.